The number of hydrogen-bond donors (Lipinski definition) is 3. The topological polar surface area (TPSA) is 130 Å². The zero-order valence-corrected chi connectivity index (χ0v) is 16.7. The van der Waals surface area contributed by atoms with Crippen LogP contribution in [0, 0.1) is 11.3 Å². The SMILES string of the molecule is N#Cc1c(N)n[nH]c1CCCNC(=O)c1oc2ccccc2c1COc1ccccc1. The van der Waals surface area contributed by atoms with Crippen molar-refractivity contribution in [2.24, 2.45) is 0 Å². The molecule has 0 saturated heterocycles. The fraction of sp³-hybridized carbons (Fsp3) is 0.174. The van der Waals surface area contributed by atoms with Crippen LogP contribution in [0.4, 0.5) is 5.82 Å². The van der Waals surface area contributed by atoms with Gasteiger partial charge in [0.2, 0.25) is 0 Å². The molecule has 0 spiro atoms. The number of nitrogens with zero attached hydrogens (tertiary/aromatic N) is 2. The van der Waals surface area contributed by atoms with E-state index in [4.69, 9.17) is 20.1 Å². The highest BCUT2D eigenvalue weighted by Crippen LogP contribution is 2.27. The number of H-pyrrole nitrogens is 1. The van der Waals surface area contributed by atoms with Gasteiger partial charge in [0, 0.05) is 17.5 Å². The van der Waals surface area contributed by atoms with Crippen molar-refractivity contribution in [3.05, 3.63) is 77.2 Å². The zero-order chi connectivity index (χ0) is 21.6. The molecule has 0 aliphatic carbocycles. The lowest BCUT2D eigenvalue weighted by Crippen LogP contribution is -2.25. The number of furan rings is 1. The van der Waals surface area contributed by atoms with E-state index >= 15 is 0 Å². The number of benzene rings is 2. The number of rotatable bonds is 8. The van der Waals surface area contributed by atoms with Gasteiger partial charge in [-0.3, -0.25) is 9.89 Å². The number of fused-ring (bicyclic) bond motifs is 1. The van der Waals surface area contributed by atoms with E-state index in [1.165, 1.54) is 0 Å². The average Bonchev–Trinajstić information content (AvgIpc) is 3.35. The van der Waals surface area contributed by atoms with E-state index in [2.05, 4.69) is 15.5 Å². The summed E-state index contributed by atoms with van der Waals surface area (Å²) >= 11 is 0. The molecule has 2 aromatic carbocycles. The molecule has 156 valence electrons. The molecule has 1 amide bonds. The summed E-state index contributed by atoms with van der Waals surface area (Å²) in [6.45, 7) is 0.612. The second kappa shape index (κ2) is 9.05. The van der Waals surface area contributed by atoms with Crippen LogP contribution >= 0.6 is 0 Å². The van der Waals surface area contributed by atoms with E-state index in [-0.39, 0.29) is 24.1 Å². The Bertz CT molecular complexity index is 1240. The number of hydrogen-bond acceptors (Lipinski definition) is 6. The van der Waals surface area contributed by atoms with E-state index in [0.717, 1.165) is 5.39 Å². The van der Waals surface area contributed by atoms with Gasteiger partial charge in [-0.05, 0) is 31.0 Å². The van der Waals surface area contributed by atoms with Crippen LogP contribution in [0.1, 0.15) is 33.8 Å². The number of carbonyl (C=O) groups is 1. The molecule has 0 fully saturated rings. The van der Waals surface area contributed by atoms with Gasteiger partial charge in [0.05, 0.1) is 5.69 Å². The number of nitrogens with two attached hydrogens (primary N) is 1. The molecule has 8 nitrogen and oxygen atoms in total. The zero-order valence-electron chi connectivity index (χ0n) is 16.7. The number of nitriles is 1. The first-order valence-corrected chi connectivity index (χ1v) is 9.86. The van der Waals surface area contributed by atoms with E-state index in [0.29, 0.717) is 47.5 Å². The third-order valence-electron chi connectivity index (χ3n) is 4.90. The summed E-state index contributed by atoms with van der Waals surface area (Å²) in [5.41, 5.74) is 7.99. The Morgan fingerprint density at radius 1 is 1.19 bits per heavy atom. The molecule has 4 N–H and O–H groups in total. The minimum absolute atomic E-state index is 0.187. The van der Waals surface area contributed by atoms with Crippen LogP contribution < -0.4 is 15.8 Å². The van der Waals surface area contributed by atoms with Gasteiger partial charge in [0.1, 0.15) is 29.6 Å². The average molecular weight is 415 g/mol. The van der Waals surface area contributed by atoms with Crippen LogP contribution in [0.15, 0.2) is 59.0 Å². The van der Waals surface area contributed by atoms with Crippen molar-refractivity contribution in [3.63, 3.8) is 0 Å². The molecule has 0 aliphatic heterocycles. The van der Waals surface area contributed by atoms with Crippen molar-refractivity contribution >= 4 is 22.7 Å². The van der Waals surface area contributed by atoms with Crippen LogP contribution in [0.25, 0.3) is 11.0 Å². The quantitative estimate of drug-likeness (QED) is 0.377. The van der Waals surface area contributed by atoms with Crippen molar-refractivity contribution in [2.45, 2.75) is 19.4 Å². The Labute approximate surface area is 178 Å². The number of aryl methyl sites for hydroxylation is 1. The number of nitrogens with one attached hydrogen (secondary N) is 2. The lowest BCUT2D eigenvalue weighted by molar-refractivity contribution is 0.0924. The van der Waals surface area contributed by atoms with Gasteiger partial charge in [-0.2, -0.15) is 10.4 Å². The van der Waals surface area contributed by atoms with E-state index in [9.17, 15) is 4.79 Å². The smallest absolute Gasteiger partial charge is 0.287 e. The Balaban J connectivity index is 1.44. The fourth-order valence-electron chi connectivity index (χ4n) is 3.34. The number of para-hydroxylation sites is 2. The molecule has 0 radical (unpaired) electrons. The summed E-state index contributed by atoms with van der Waals surface area (Å²) in [5, 5.41) is 19.5. The Hall–Kier alpha value is -4.25. The number of carbonyl (C=O) groups excluding carboxylic acids is 1. The van der Waals surface area contributed by atoms with Crippen LogP contribution in [0.2, 0.25) is 0 Å². The van der Waals surface area contributed by atoms with Crippen molar-refractivity contribution in [1.82, 2.24) is 15.5 Å². The highest BCUT2D eigenvalue weighted by Gasteiger charge is 2.21. The number of aromatic nitrogens is 2. The van der Waals surface area contributed by atoms with E-state index in [1.54, 1.807) is 0 Å². The minimum atomic E-state index is -0.313. The van der Waals surface area contributed by atoms with Crippen molar-refractivity contribution in [1.29, 1.82) is 5.26 Å². The highest BCUT2D eigenvalue weighted by molar-refractivity contribution is 5.99. The number of aromatic amines is 1. The predicted molar refractivity (Wildman–Crippen MR) is 115 cm³/mol. The molecule has 2 aromatic heterocycles. The van der Waals surface area contributed by atoms with Gasteiger partial charge in [-0.15, -0.1) is 0 Å². The van der Waals surface area contributed by atoms with Gasteiger partial charge in [0.15, 0.2) is 11.6 Å². The summed E-state index contributed by atoms with van der Waals surface area (Å²) in [5.74, 6) is 0.825. The molecular formula is C23H21N5O3. The Morgan fingerprint density at radius 3 is 2.77 bits per heavy atom. The first kappa shape index (κ1) is 20.0. The molecule has 0 unspecified atom stereocenters. The third kappa shape index (κ3) is 4.36. The first-order valence-electron chi connectivity index (χ1n) is 9.86. The molecule has 0 atom stereocenters. The lowest BCUT2D eigenvalue weighted by atomic mass is 10.1. The normalized spacial score (nSPS) is 10.7. The van der Waals surface area contributed by atoms with Crippen molar-refractivity contribution < 1.29 is 13.9 Å². The van der Waals surface area contributed by atoms with Crippen LogP contribution in [-0.2, 0) is 13.0 Å². The van der Waals surface area contributed by atoms with E-state index in [1.807, 2.05) is 60.7 Å². The van der Waals surface area contributed by atoms with Crippen LogP contribution in [0.5, 0.6) is 5.75 Å². The summed E-state index contributed by atoms with van der Waals surface area (Å²) in [6, 6.07) is 18.9. The Kier molecular flexibility index (Phi) is 5.85. The Morgan fingerprint density at radius 2 is 1.97 bits per heavy atom. The van der Waals surface area contributed by atoms with Gasteiger partial charge in [-0.1, -0.05) is 36.4 Å². The van der Waals surface area contributed by atoms with Gasteiger partial charge in [0.25, 0.3) is 5.91 Å². The van der Waals surface area contributed by atoms with Crippen LogP contribution in [-0.4, -0.2) is 22.6 Å². The second-order valence-corrected chi connectivity index (χ2v) is 6.94. The number of amides is 1. The summed E-state index contributed by atoms with van der Waals surface area (Å²) in [4.78, 5) is 12.8. The molecule has 2 heterocycles. The number of nitrogen functional groups attached to an aromatic ring is 1. The molecule has 0 aliphatic rings. The highest BCUT2D eigenvalue weighted by atomic mass is 16.5. The molecule has 4 aromatic rings. The lowest BCUT2D eigenvalue weighted by Gasteiger charge is -2.08. The fourth-order valence-corrected chi connectivity index (χ4v) is 3.34. The molecule has 8 heteroatoms. The molecule has 0 bridgehead atoms. The standard InChI is InChI=1S/C23H21N5O3/c24-13-17-19(27-28-22(17)25)10-6-12-26-23(29)21-18(14-30-15-7-2-1-3-8-15)16-9-4-5-11-20(16)31-21/h1-5,7-9,11H,6,10,12,14H2,(H,26,29)(H3,25,27,28). The maximum absolute atomic E-state index is 12.8. The minimum Gasteiger partial charge on any atom is -0.489 e. The maximum Gasteiger partial charge on any atom is 0.287 e. The van der Waals surface area contributed by atoms with Gasteiger partial charge in [-0.25, -0.2) is 0 Å². The molecule has 31 heavy (non-hydrogen) atoms. The van der Waals surface area contributed by atoms with E-state index < -0.39 is 0 Å². The summed E-state index contributed by atoms with van der Waals surface area (Å²) in [6.07, 6.45) is 1.15. The number of ether oxygens (including phenoxy) is 1. The first-order chi connectivity index (χ1) is 15.2. The summed E-state index contributed by atoms with van der Waals surface area (Å²) in [7, 11) is 0. The summed E-state index contributed by atoms with van der Waals surface area (Å²) < 4.78 is 11.7. The third-order valence-corrected chi connectivity index (χ3v) is 4.90. The molecule has 0 saturated carbocycles. The number of anilines is 1. The van der Waals surface area contributed by atoms with Gasteiger partial charge < -0.3 is 20.2 Å². The van der Waals surface area contributed by atoms with Crippen LogP contribution in [0.3, 0.4) is 0 Å². The van der Waals surface area contributed by atoms with Crippen molar-refractivity contribution in [3.8, 4) is 11.8 Å². The maximum atomic E-state index is 12.8. The second-order valence-electron chi connectivity index (χ2n) is 6.94. The van der Waals surface area contributed by atoms with Gasteiger partial charge >= 0.3 is 0 Å². The largest absolute Gasteiger partial charge is 0.489 e. The molecule has 4 rings (SSSR count). The molecular weight excluding hydrogens is 394 g/mol. The monoisotopic (exact) mass is 415 g/mol. The predicted octanol–water partition coefficient (Wildman–Crippen LogP) is 3.55. The van der Waals surface area contributed by atoms with Crippen molar-refractivity contribution in [2.75, 3.05) is 12.3 Å².